The second-order valence-corrected chi connectivity index (χ2v) is 8.89. The standard InChI is InChI=1S/C24H30N4O5/c1-3-25(4-2)22(29)16-8-7-13-26(15-16)20-12-11-17(14-21(20)28(32)33)27-23(30)18-9-5-6-10-19(18)24(27)31/h5-6,11-12,14,16,18-19H,3-4,7-10,13,15H2,1-2H3. The van der Waals surface area contributed by atoms with E-state index in [9.17, 15) is 24.5 Å². The van der Waals surface area contributed by atoms with E-state index >= 15 is 0 Å². The summed E-state index contributed by atoms with van der Waals surface area (Å²) in [5.41, 5.74) is 0.499. The minimum absolute atomic E-state index is 0.0773. The van der Waals surface area contributed by atoms with Crippen LogP contribution in [0.3, 0.4) is 0 Å². The number of anilines is 2. The van der Waals surface area contributed by atoms with Gasteiger partial charge in [-0.3, -0.25) is 24.5 Å². The molecule has 2 fully saturated rings. The van der Waals surface area contributed by atoms with Crippen LogP contribution >= 0.6 is 0 Å². The Morgan fingerprint density at radius 1 is 1.12 bits per heavy atom. The monoisotopic (exact) mass is 454 g/mol. The SMILES string of the molecule is CCN(CC)C(=O)C1CCCN(c2ccc(N3C(=O)C4CC=CCC4C3=O)cc2[N+](=O)[O-])C1. The molecule has 3 atom stereocenters. The van der Waals surface area contributed by atoms with Crippen molar-refractivity contribution in [1.82, 2.24) is 4.90 Å². The quantitative estimate of drug-likeness (QED) is 0.283. The summed E-state index contributed by atoms with van der Waals surface area (Å²) in [5, 5.41) is 12.0. The van der Waals surface area contributed by atoms with Crippen molar-refractivity contribution in [3.05, 3.63) is 40.5 Å². The van der Waals surface area contributed by atoms with Gasteiger partial charge in [0.05, 0.1) is 28.4 Å². The third-order valence-corrected chi connectivity index (χ3v) is 7.11. The fraction of sp³-hybridized carbons (Fsp3) is 0.542. The van der Waals surface area contributed by atoms with Crippen LogP contribution in [0.25, 0.3) is 0 Å². The van der Waals surface area contributed by atoms with Crippen LogP contribution in [-0.4, -0.2) is 53.7 Å². The molecule has 3 amide bonds. The van der Waals surface area contributed by atoms with Gasteiger partial charge in [-0.05, 0) is 51.7 Å². The highest BCUT2D eigenvalue weighted by Gasteiger charge is 2.48. The molecule has 0 radical (unpaired) electrons. The van der Waals surface area contributed by atoms with Gasteiger partial charge in [-0.15, -0.1) is 0 Å². The molecule has 1 aliphatic carbocycles. The van der Waals surface area contributed by atoms with Crippen LogP contribution in [-0.2, 0) is 14.4 Å². The number of hydrogen-bond donors (Lipinski definition) is 0. The maximum atomic E-state index is 12.9. The Labute approximate surface area is 193 Å². The van der Waals surface area contributed by atoms with Crippen LogP contribution < -0.4 is 9.80 Å². The number of nitro benzene ring substituents is 1. The van der Waals surface area contributed by atoms with E-state index < -0.39 is 16.8 Å². The molecule has 9 heteroatoms. The van der Waals surface area contributed by atoms with Crippen LogP contribution in [0, 0.1) is 27.9 Å². The molecule has 2 aliphatic heterocycles. The molecule has 3 aliphatic rings. The maximum absolute atomic E-state index is 12.9. The van der Waals surface area contributed by atoms with E-state index in [1.807, 2.05) is 30.9 Å². The third kappa shape index (κ3) is 4.12. The van der Waals surface area contributed by atoms with Crippen molar-refractivity contribution in [1.29, 1.82) is 0 Å². The van der Waals surface area contributed by atoms with Gasteiger partial charge < -0.3 is 9.80 Å². The van der Waals surface area contributed by atoms with Gasteiger partial charge >= 0.3 is 0 Å². The highest BCUT2D eigenvalue weighted by molar-refractivity contribution is 6.22. The topological polar surface area (TPSA) is 104 Å². The largest absolute Gasteiger partial charge is 0.365 e. The molecule has 0 bridgehead atoms. The minimum atomic E-state index is -0.478. The Kier molecular flexibility index (Phi) is 6.49. The lowest BCUT2D eigenvalue weighted by Gasteiger charge is -2.35. The van der Waals surface area contributed by atoms with Crippen LogP contribution in [0.4, 0.5) is 17.1 Å². The first kappa shape index (κ1) is 22.9. The molecular formula is C24H30N4O5. The summed E-state index contributed by atoms with van der Waals surface area (Å²) in [5.74, 6) is -1.51. The van der Waals surface area contributed by atoms with Crippen molar-refractivity contribution >= 4 is 34.8 Å². The summed E-state index contributed by atoms with van der Waals surface area (Å²) in [7, 11) is 0. The molecule has 1 aromatic carbocycles. The fourth-order valence-corrected chi connectivity index (χ4v) is 5.31. The molecule has 0 aromatic heterocycles. The minimum Gasteiger partial charge on any atom is -0.365 e. The van der Waals surface area contributed by atoms with E-state index in [1.165, 1.54) is 6.07 Å². The molecule has 176 valence electrons. The molecule has 2 heterocycles. The predicted octanol–water partition coefficient (Wildman–Crippen LogP) is 3.14. The van der Waals surface area contributed by atoms with Gasteiger partial charge in [-0.2, -0.15) is 0 Å². The molecule has 4 rings (SSSR count). The first-order valence-electron chi connectivity index (χ1n) is 11.7. The van der Waals surface area contributed by atoms with Crippen molar-refractivity contribution in [2.45, 2.75) is 39.5 Å². The Morgan fingerprint density at radius 2 is 1.76 bits per heavy atom. The van der Waals surface area contributed by atoms with Crippen LogP contribution in [0.1, 0.15) is 39.5 Å². The van der Waals surface area contributed by atoms with Gasteiger partial charge in [0.25, 0.3) is 5.69 Å². The van der Waals surface area contributed by atoms with Crippen molar-refractivity contribution in [2.75, 3.05) is 36.0 Å². The molecule has 2 saturated heterocycles. The van der Waals surface area contributed by atoms with Crippen molar-refractivity contribution < 1.29 is 19.3 Å². The highest BCUT2D eigenvalue weighted by atomic mass is 16.6. The Hall–Kier alpha value is -3.23. The molecule has 33 heavy (non-hydrogen) atoms. The van der Waals surface area contributed by atoms with Gasteiger partial charge in [-0.1, -0.05) is 12.2 Å². The second-order valence-electron chi connectivity index (χ2n) is 8.89. The van der Waals surface area contributed by atoms with Gasteiger partial charge in [0.1, 0.15) is 5.69 Å². The summed E-state index contributed by atoms with van der Waals surface area (Å²) in [6, 6.07) is 4.54. The zero-order valence-electron chi connectivity index (χ0n) is 19.1. The summed E-state index contributed by atoms with van der Waals surface area (Å²) < 4.78 is 0. The van der Waals surface area contributed by atoms with E-state index in [4.69, 9.17) is 0 Å². The predicted molar refractivity (Wildman–Crippen MR) is 124 cm³/mol. The summed E-state index contributed by atoms with van der Waals surface area (Å²) in [6.07, 6.45) is 6.37. The number of benzene rings is 1. The molecule has 3 unspecified atom stereocenters. The highest BCUT2D eigenvalue weighted by Crippen LogP contribution is 2.41. The molecule has 0 saturated carbocycles. The Bertz CT molecular complexity index is 977. The number of allylic oxidation sites excluding steroid dienone is 2. The van der Waals surface area contributed by atoms with E-state index in [0.29, 0.717) is 44.7 Å². The van der Waals surface area contributed by atoms with Gasteiger partial charge in [0.15, 0.2) is 0 Å². The molecular weight excluding hydrogens is 424 g/mol. The molecule has 0 N–H and O–H groups in total. The number of carbonyl (C=O) groups is 3. The average Bonchev–Trinajstić information content (AvgIpc) is 3.09. The number of fused-ring (bicyclic) bond motifs is 1. The van der Waals surface area contributed by atoms with Crippen LogP contribution in [0.5, 0.6) is 0 Å². The van der Waals surface area contributed by atoms with Crippen LogP contribution in [0.2, 0.25) is 0 Å². The maximum Gasteiger partial charge on any atom is 0.294 e. The number of piperidine rings is 1. The molecule has 0 spiro atoms. The number of nitrogens with zero attached hydrogens (tertiary/aromatic N) is 4. The normalized spacial score (nSPS) is 24.7. The van der Waals surface area contributed by atoms with Gasteiger partial charge in [0.2, 0.25) is 17.7 Å². The average molecular weight is 455 g/mol. The molecule has 1 aromatic rings. The lowest BCUT2D eigenvalue weighted by atomic mass is 9.85. The number of rotatable bonds is 6. The van der Waals surface area contributed by atoms with Gasteiger partial charge in [0, 0.05) is 32.2 Å². The number of amides is 3. The smallest absolute Gasteiger partial charge is 0.294 e. The van der Waals surface area contributed by atoms with E-state index in [1.54, 1.807) is 17.0 Å². The Morgan fingerprint density at radius 3 is 2.33 bits per heavy atom. The van der Waals surface area contributed by atoms with E-state index in [-0.39, 0.29) is 35.0 Å². The number of imide groups is 1. The van der Waals surface area contributed by atoms with E-state index in [0.717, 1.165) is 17.7 Å². The third-order valence-electron chi connectivity index (χ3n) is 7.11. The summed E-state index contributed by atoms with van der Waals surface area (Å²) in [6.45, 7) is 6.18. The zero-order chi connectivity index (χ0) is 23.7. The van der Waals surface area contributed by atoms with Crippen LogP contribution in [0.15, 0.2) is 30.4 Å². The first-order chi connectivity index (χ1) is 15.9. The lowest BCUT2D eigenvalue weighted by Crippen LogP contribution is -2.45. The van der Waals surface area contributed by atoms with Crippen molar-refractivity contribution in [2.24, 2.45) is 17.8 Å². The number of nitro groups is 1. The Balaban J connectivity index is 1.61. The summed E-state index contributed by atoms with van der Waals surface area (Å²) in [4.78, 5) is 55.0. The number of hydrogen-bond acceptors (Lipinski definition) is 6. The second kappa shape index (κ2) is 9.33. The van der Waals surface area contributed by atoms with Gasteiger partial charge in [-0.25, -0.2) is 4.90 Å². The number of carbonyl (C=O) groups excluding carboxylic acids is 3. The van der Waals surface area contributed by atoms with E-state index in [2.05, 4.69) is 0 Å². The van der Waals surface area contributed by atoms with Crippen molar-refractivity contribution in [3.8, 4) is 0 Å². The zero-order valence-corrected chi connectivity index (χ0v) is 19.1. The lowest BCUT2D eigenvalue weighted by molar-refractivity contribution is -0.384. The van der Waals surface area contributed by atoms with Crippen molar-refractivity contribution in [3.63, 3.8) is 0 Å². The first-order valence-corrected chi connectivity index (χ1v) is 11.7. The fourth-order valence-electron chi connectivity index (χ4n) is 5.31. The summed E-state index contributed by atoms with van der Waals surface area (Å²) >= 11 is 0. The molecule has 9 nitrogen and oxygen atoms in total.